The number of nitrogens with zero attached hydrogens (tertiary/aromatic N) is 1. The average molecular weight is 318 g/mol. The van der Waals surface area contributed by atoms with Crippen molar-refractivity contribution >= 4 is 5.91 Å². The molecule has 0 bridgehead atoms. The number of hydrogen-bond donors (Lipinski definition) is 1. The van der Waals surface area contributed by atoms with Gasteiger partial charge in [0.15, 0.2) is 0 Å². The monoisotopic (exact) mass is 318 g/mol. The lowest BCUT2D eigenvalue weighted by molar-refractivity contribution is -0.122. The summed E-state index contributed by atoms with van der Waals surface area (Å²) in [5.41, 5.74) is 2.55. The third-order valence-corrected chi connectivity index (χ3v) is 4.96. The van der Waals surface area contributed by atoms with Gasteiger partial charge in [-0.3, -0.25) is 9.69 Å². The van der Waals surface area contributed by atoms with Gasteiger partial charge >= 0.3 is 0 Å². The van der Waals surface area contributed by atoms with E-state index in [-0.39, 0.29) is 5.91 Å². The summed E-state index contributed by atoms with van der Waals surface area (Å²) in [5, 5.41) is 3.04. The molecule has 2 aliphatic rings. The number of methoxy groups -OCH3 is 1. The molecule has 0 aliphatic carbocycles. The molecule has 23 heavy (non-hydrogen) atoms. The van der Waals surface area contributed by atoms with Crippen LogP contribution in [0, 0.1) is 5.41 Å². The van der Waals surface area contributed by atoms with Gasteiger partial charge in [0.2, 0.25) is 5.91 Å². The van der Waals surface area contributed by atoms with Crippen LogP contribution in [0.15, 0.2) is 24.3 Å². The molecule has 2 heterocycles. The Hall–Kier alpha value is -1.43. The molecule has 0 saturated carbocycles. The lowest BCUT2D eigenvalue weighted by Crippen LogP contribution is -2.37. The van der Waals surface area contributed by atoms with E-state index in [0.29, 0.717) is 25.1 Å². The summed E-state index contributed by atoms with van der Waals surface area (Å²) in [6.45, 7) is 5.32. The van der Waals surface area contributed by atoms with Crippen molar-refractivity contribution in [3.8, 4) is 0 Å². The third-order valence-electron chi connectivity index (χ3n) is 4.96. The molecule has 0 radical (unpaired) electrons. The largest absolute Gasteiger partial charge is 0.381 e. The van der Waals surface area contributed by atoms with E-state index < -0.39 is 0 Å². The second-order valence-electron chi connectivity index (χ2n) is 6.74. The fourth-order valence-corrected chi connectivity index (χ4v) is 3.61. The number of ether oxygens (including phenoxy) is 2. The first-order valence-corrected chi connectivity index (χ1v) is 8.33. The van der Waals surface area contributed by atoms with Gasteiger partial charge < -0.3 is 14.8 Å². The first kappa shape index (κ1) is 16.4. The molecule has 0 aromatic heterocycles. The van der Waals surface area contributed by atoms with Crippen LogP contribution in [-0.2, 0) is 27.4 Å². The van der Waals surface area contributed by atoms with Crippen molar-refractivity contribution in [1.82, 2.24) is 10.2 Å². The van der Waals surface area contributed by atoms with Gasteiger partial charge in [-0.25, -0.2) is 0 Å². The lowest BCUT2D eigenvalue weighted by atomic mass is 9.87. The number of nitrogens with one attached hydrogen (secondary N) is 1. The highest BCUT2D eigenvalue weighted by Gasteiger charge is 2.41. The van der Waals surface area contributed by atoms with Crippen LogP contribution >= 0.6 is 0 Å². The molecule has 1 N–H and O–H groups in total. The number of hydrogen-bond acceptors (Lipinski definition) is 4. The summed E-state index contributed by atoms with van der Waals surface area (Å²) in [6, 6.07) is 8.06. The molecule has 3 rings (SSSR count). The van der Waals surface area contributed by atoms with Crippen LogP contribution in [0.1, 0.15) is 24.0 Å². The van der Waals surface area contributed by atoms with Crippen molar-refractivity contribution in [3.05, 3.63) is 35.4 Å². The van der Waals surface area contributed by atoms with E-state index in [1.54, 1.807) is 7.11 Å². The quantitative estimate of drug-likeness (QED) is 0.865. The van der Waals surface area contributed by atoms with Gasteiger partial charge in [-0.1, -0.05) is 24.3 Å². The Morgan fingerprint density at radius 3 is 2.91 bits per heavy atom. The van der Waals surface area contributed by atoms with Gasteiger partial charge in [0.25, 0.3) is 0 Å². The molecule has 1 amide bonds. The van der Waals surface area contributed by atoms with Crippen LogP contribution in [0.4, 0.5) is 0 Å². The van der Waals surface area contributed by atoms with Gasteiger partial charge in [-0.05, 0) is 30.5 Å². The zero-order valence-corrected chi connectivity index (χ0v) is 13.8. The maximum absolute atomic E-state index is 12.2. The van der Waals surface area contributed by atoms with Crippen LogP contribution < -0.4 is 5.32 Å². The van der Waals surface area contributed by atoms with Crippen molar-refractivity contribution in [3.63, 3.8) is 0 Å². The van der Waals surface area contributed by atoms with E-state index >= 15 is 0 Å². The predicted molar refractivity (Wildman–Crippen MR) is 87.9 cm³/mol. The molecule has 126 valence electrons. The molecule has 5 nitrogen and oxygen atoms in total. The number of amides is 1. The van der Waals surface area contributed by atoms with Gasteiger partial charge in [0.05, 0.1) is 19.8 Å². The van der Waals surface area contributed by atoms with Crippen molar-refractivity contribution in [2.75, 3.05) is 40.0 Å². The van der Waals surface area contributed by atoms with E-state index in [9.17, 15) is 4.79 Å². The van der Waals surface area contributed by atoms with E-state index in [0.717, 1.165) is 50.3 Å². The lowest BCUT2D eigenvalue weighted by Gasteiger charge is -2.21. The van der Waals surface area contributed by atoms with Crippen molar-refractivity contribution in [2.24, 2.45) is 5.41 Å². The Morgan fingerprint density at radius 2 is 2.17 bits per heavy atom. The molecule has 1 spiro atoms. The second-order valence-corrected chi connectivity index (χ2v) is 6.74. The molecule has 5 heteroatoms. The highest BCUT2D eigenvalue weighted by atomic mass is 16.5. The smallest absolute Gasteiger partial charge is 0.234 e. The highest BCUT2D eigenvalue weighted by molar-refractivity contribution is 5.78. The molecule has 1 aromatic rings. The Bertz CT molecular complexity index is 541. The molecular weight excluding hydrogens is 292 g/mol. The maximum atomic E-state index is 12.2. The summed E-state index contributed by atoms with van der Waals surface area (Å²) < 4.78 is 10.7. The third kappa shape index (κ3) is 4.10. The zero-order chi connectivity index (χ0) is 16.1. The first-order valence-electron chi connectivity index (χ1n) is 8.33. The van der Waals surface area contributed by atoms with E-state index in [1.165, 1.54) is 0 Å². The van der Waals surface area contributed by atoms with Gasteiger partial charge in [0.1, 0.15) is 0 Å². The summed E-state index contributed by atoms with van der Waals surface area (Å²) >= 11 is 0. The Labute approximate surface area is 137 Å². The summed E-state index contributed by atoms with van der Waals surface area (Å²) in [5.74, 6) is 0.0909. The maximum Gasteiger partial charge on any atom is 0.234 e. The van der Waals surface area contributed by atoms with E-state index in [1.807, 2.05) is 24.3 Å². The van der Waals surface area contributed by atoms with Crippen molar-refractivity contribution in [1.29, 1.82) is 0 Å². The molecule has 0 unspecified atom stereocenters. The first-order chi connectivity index (χ1) is 11.2. The molecule has 2 saturated heterocycles. The standard InChI is InChI=1S/C18H26N2O3/c1-22-12-16-5-3-2-4-15(16)10-19-17(21)11-20-8-6-18(13-20)7-9-23-14-18/h2-5H,6-14H2,1H3,(H,19,21)/t18-/m0/s1. The van der Waals surface area contributed by atoms with Crippen molar-refractivity contribution in [2.45, 2.75) is 26.0 Å². The van der Waals surface area contributed by atoms with Gasteiger partial charge in [-0.15, -0.1) is 0 Å². The van der Waals surface area contributed by atoms with Crippen LogP contribution in [-0.4, -0.2) is 50.8 Å². The highest BCUT2D eigenvalue weighted by Crippen LogP contribution is 2.37. The minimum Gasteiger partial charge on any atom is -0.381 e. The predicted octanol–water partition coefficient (Wildman–Crippen LogP) is 1.56. The van der Waals surface area contributed by atoms with Crippen LogP contribution in [0.25, 0.3) is 0 Å². The summed E-state index contributed by atoms with van der Waals surface area (Å²) in [6.07, 6.45) is 2.28. The van der Waals surface area contributed by atoms with Crippen molar-refractivity contribution < 1.29 is 14.3 Å². The van der Waals surface area contributed by atoms with E-state index in [4.69, 9.17) is 9.47 Å². The van der Waals surface area contributed by atoms with Crippen LogP contribution in [0.2, 0.25) is 0 Å². The minimum absolute atomic E-state index is 0.0909. The van der Waals surface area contributed by atoms with Gasteiger partial charge in [-0.2, -0.15) is 0 Å². The number of carbonyl (C=O) groups is 1. The average Bonchev–Trinajstić information content (AvgIpc) is 3.17. The Morgan fingerprint density at radius 1 is 1.35 bits per heavy atom. The fourth-order valence-electron chi connectivity index (χ4n) is 3.61. The molecular formula is C18H26N2O3. The van der Waals surface area contributed by atoms with Gasteiger partial charge in [0, 0.05) is 32.2 Å². The minimum atomic E-state index is 0.0909. The molecule has 2 aliphatic heterocycles. The number of carbonyl (C=O) groups excluding carboxylic acids is 1. The molecule has 1 atom stereocenters. The summed E-state index contributed by atoms with van der Waals surface area (Å²) in [4.78, 5) is 14.5. The zero-order valence-electron chi connectivity index (χ0n) is 13.8. The van der Waals surface area contributed by atoms with E-state index in [2.05, 4.69) is 10.2 Å². The normalized spacial score (nSPS) is 24.4. The fraction of sp³-hybridized carbons (Fsp3) is 0.611. The summed E-state index contributed by atoms with van der Waals surface area (Å²) in [7, 11) is 1.69. The molecule has 2 fully saturated rings. The van der Waals surface area contributed by atoms with Crippen LogP contribution in [0.5, 0.6) is 0 Å². The van der Waals surface area contributed by atoms with Crippen LogP contribution in [0.3, 0.4) is 0 Å². The molecule has 1 aromatic carbocycles. The number of rotatable bonds is 6. The second kappa shape index (κ2) is 7.43. The SMILES string of the molecule is COCc1ccccc1CNC(=O)CN1CC[C@]2(CCOC2)C1. The Balaban J connectivity index is 1.47. The topological polar surface area (TPSA) is 50.8 Å². The number of likely N-dealkylation sites (tertiary alicyclic amines) is 1. The number of benzene rings is 1. The Kier molecular flexibility index (Phi) is 5.30.